The molecule has 1 unspecified atom stereocenters. The number of rotatable bonds is 44. The van der Waals surface area contributed by atoms with Crippen molar-refractivity contribution < 1.29 is 42.1 Å². The first-order valence-corrected chi connectivity index (χ1v) is 25.8. The fourth-order valence-electron chi connectivity index (χ4n) is 6.52. The zero-order chi connectivity index (χ0) is 44.3. The van der Waals surface area contributed by atoms with Crippen molar-refractivity contribution in [3.05, 3.63) is 48.6 Å². The van der Waals surface area contributed by atoms with Crippen LogP contribution in [-0.2, 0) is 32.7 Å². The molecule has 0 spiro atoms. The third-order valence-corrected chi connectivity index (χ3v) is 11.3. The molecular formula is C50H92NO8P. The summed E-state index contributed by atoms with van der Waals surface area (Å²) in [6.07, 6.45) is 49.9. The minimum Gasteiger partial charge on any atom is -0.756 e. The highest BCUT2D eigenvalue weighted by Crippen LogP contribution is 2.38. The quantitative estimate of drug-likeness (QED) is 0.0196. The number of allylic oxidation sites excluding steroid dienone is 8. The normalized spacial score (nSPS) is 13.9. The van der Waals surface area contributed by atoms with E-state index in [1.807, 2.05) is 21.1 Å². The lowest BCUT2D eigenvalue weighted by Gasteiger charge is -2.28. The lowest BCUT2D eigenvalue weighted by molar-refractivity contribution is -0.870. The largest absolute Gasteiger partial charge is 0.756 e. The third kappa shape index (κ3) is 45.5. The molecule has 0 bridgehead atoms. The molecule has 0 aromatic heterocycles. The standard InChI is InChI=1S/C50H92NO8P/c1-6-8-10-12-14-16-18-20-22-24-25-27-29-31-33-35-37-39-41-43-50(53)59-48(47-58-60(54,55)57-45-44-51(3,4)5)46-56-49(52)42-40-38-36-34-32-30-28-26-23-21-19-17-15-13-11-9-7-2/h14,16,20,22,25,27,31,33,48H,6-13,15,17-19,21,23-24,26,28-30,32,34-47H2,1-5H3/b16-14-,22-20-,27-25-,33-31-/t48-/m1/s1. The van der Waals surface area contributed by atoms with Crippen molar-refractivity contribution in [1.29, 1.82) is 0 Å². The molecule has 60 heavy (non-hydrogen) atoms. The summed E-state index contributed by atoms with van der Waals surface area (Å²) in [6, 6.07) is 0. The molecule has 0 radical (unpaired) electrons. The summed E-state index contributed by atoms with van der Waals surface area (Å²) in [6.45, 7) is 4.18. The Bertz CT molecular complexity index is 1160. The molecule has 0 N–H and O–H groups in total. The number of carbonyl (C=O) groups is 2. The topological polar surface area (TPSA) is 111 Å². The summed E-state index contributed by atoms with van der Waals surface area (Å²) in [7, 11) is 1.14. The maximum absolute atomic E-state index is 12.7. The molecule has 0 rings (SSSR count). The van der Waals surface area contributed by atoms with E-state index in [1.54, 1.807) is 0 Å². The zero-order valence-electron chi connectivity index (χ0n) is 39.4. The molecule has 350 valence electrons. The van der Waals surface area contributed by atoms with Gasteiger partial charge in [-0.3, -0.25) is 14.2 Å². The Kier molecular flexibility index (Phi) is 40.8. The van der Waals surface area contributed by atoms with Gasteiger partial charge in [-0.05, 0) is 57.8 Å². The summed E-state index contributed by atoms with van der Waals surface area (Å²) < 4.78 is 34.0. The third-order valence-electron chi connectivity index (χ3n) is 10.4. The van der Waals surface area contributed by atoms with Crippen LogP contribution in [0.15, 0.2) is 48.6 Å². The fourth-order valence-corrected chi connectivity index (χ4v) is 7.25. The molecule has 0 aliphatic heterocycles. The van der Waals surface area contributed by atoms with Crippen molar-refractivity contribution in [3.8, 4) is 0 Å². The highest BCUT2D eigenvalue weighted by Gasteiger charge is 2.21. The minimum absolute atomic E-state index is 0.0376. The van der Waals surface area contributed by atoms with Crippen LogP contribution in [0.25, 0.3) is 0 Å². The average molecular weight is 866 g/mol. The molecule has 0 saturated heterocycles. The Morgan fingerprint density at radius 3 is 1.37 bits per heavy atom. The number of hydrogen-bond donors (Lipinski definition) is 0. The number of nitrogens with zero attached hydrogens (tertiary/aromatic N) is 1. The van der Waals surface area contributed by atoms with Crippen molar-refractivity contribution in [2.75, 3.05) is 47.5 Å². The summed E-state index contributed by atoms with van der Waals surface area (Å²) >= 11 is 0. The van der Waals surface area contributed by atoms with Crippen LogP contribution in [0, 0.1) is 0 Å². The smallest absolute Gasteiger partial charge is 0.306 e. The van der Waals surface area contributed by atoms with Gasteiger partial charge in [0, 0.05) is 12.8 Å². The van der Waals surface area contributed by atoms with Gasteiger partial charge in [0.1, 0.15) is 19.8 Å². The Hall–Kier alpha value is -2.03. The Morgan fingerprint density at radius 1 is 0.517 bits per heavy atom. The first-order chi connectivity index (χ1) is 29.0. The van der Waals surface area contributed by atoms with Crippen molar-refractivity contribution in [1.82, 2.24) is 0 Å². The van der Waals surface area contributed by atoms with Gasteiger partial charge in [0.25, 0.3) is 7.82 Å². The molecule has 0 aromatic carbocycles. The first kappa shape index (κ1) is 58.0. The average Bonchev–Trinajstić information content (AvgIpc) is 3.20. The second-order valence-corrected chi connectivity index (χ2v) is 18.9. The van der Waals surface area contributed by atoms with Gasteiger partial charge in [0.15, 0.2) is 6.10 Å². The molecule has 0 heterocycles. The number of esters is 2. The van der Waals surface area contributed by atoms with Crippen molar-refractivity contribution in [3.63, 3.8) is 0 Å². The molecule has 0 aliphatic rings. The van der Waals surface area contributed by atoms with Crippen LogP contribution < -0.4 is 4.89 Å². The van der Waals surface area contributed by atoms with E-state index in [0.29, 0.717) is 17.4 Å². The van der Waals surface area contributed by atoms with E-state index in [4.69, 9.17) is 18.5 Å². The minimum atomic E-state index is -4.64. The lowest BCUT2D eigenvalue weighted by atomic mass is 10.0. The predicted molar refractivity (Wildman–Crippen MR) is 250 cm³/mol. The van der Waals surface area contributed by atoms with Crippen molar-refractivity contribution in [2.24, 2.45) is 0 Å². The van der Waals surface area contributed by atoms with E-state index in [2.05, 4.69) is 62.5 Å². The van der Waals surface area contributed by atoms with Crippen LogP contribution in [0.3, 0.4) is 0 Å². The van der Waals surface area contributed by atoms with Crippen LogP contribution in [0.2, 0.25) is 0 Å². The molecular weight excluding hydrogens is 774 g/mol. The molecule has 0 fully saturated rings. The molecule has 0 aliphatic carbocycles. The lowest BCUT2D eigenvalue weighted by Crippen LogP contribution is -2.37. The Morgan fingerprint density at radius 2 is 0.900 bits per heavy atom. The number of hydrogen-bond acceptors (Lipinski definition) is 8. The number of phosphoric ester groups is 1. The summed E-state index contributed by atoms with van der Waals surface area (Å²) in [5.41, 5.74) is 0. The number of unbranched alkanes of at least 4 members (excludes halogenated alkanes) is 22. The second-order valence-electron chi connectivity index (χ2n) is 17.5. The Labute approximate surface area is 369 Å². The van der Waals surface area contributed by atoms with Crippen LogP contribution >= 0.6 is 7.82 Å². The van der Waals surface area contributed by atoms with Gasteiger partial charge in [0.05, 0.1) is 27.7 Å². The SMILES string of the molecule is CCCCC/C=C\C/C=C\C/C=C\C/C=C\CCCCCC(=O)O[C@H](COC(=O)CCCCCCCCCCCCCCCCCCC)COP(=O)([O-])OCC[N+](C)(C)C. The molecule has 0 amide bonds. The van der Waals surface area contributed by atoms with E-state index in [1.165, 1.54) is 116 Å². The molecule has 10 heteroatoms. The van der Waals surface area contributed by atoms with Gasteiger partial charge >= 0.3 is 11.9 Å². The maximum Gasteiger partial charge on any atom is 0.306 e. The van der Waals surface area contributed by atoms with Crippen molar-refractivity contribution in [2.45, 2.75) is 213 Å². The van der Waals surface area contributed by atoms with E-state index in [9.17, 15) is 19.0 Å². The van der Waals surface area contributed by atoms with Gasteiger partial charge < -0.3 is 27.9 Å². The van der Waals surface area contributed by atoms with Crippen LogP contribution in [0.4, 0.5) is 0 Å². The van der Waals surface area contributed by atoms with Crippen LogP contribution in [-0.4, -0.2) is 70.0 Å². The molecule has 9 nitrogen and oxygen atoms in total. The summed E-state index contributed by atoms with van der Waals surface area (Å²) in [5, 5.41) is 0. The van der Waals surface area contributed by atoms with Gasteiger partial charge in [-0.1, -0.05) is 184 Å². The van der Waals surface area contributed by atoms with E-state index >= 15 is 0 Å². The maximum atomic E-state index is 12.7. The van der Waals surface area contributed by atoms with Crippen LogP contribution in [0.1, 0.15) is 206 Å². The van der Waals surface area contributed by atoms with Gasteiger partial charge in [-0.2, -0.15) is 0 Å². The van der Waals surface area contributed by atoms with E-state index in [-0.39, 0.29) is 26.1 Å². The number of carbonyl (C=O) groups excluding carboxylic acids is 2. The Balaban J connectivity index is 4.36. The first-order valence-electron chi connectivity index (χ1n) is 24.3. The van der Waals surface area contributed by atoms with Crippen molar-refractivity contribution >= 4 is 19.8 Å². The number of ether oxygens (including phenoxy) is 2. The number of quaternary nitrogens is 1. The highest BCUT2D eigenvalue weighted by atomic mass is 31.2. The number of likely N-dealkylation sites (N-methyl/N-ethyl adjacent to an activating group) is 1. The summed E-state index contributed by atoms with van der Waals surface area (Å²) in [4.78, 5) is 37.6. The van der Waals surface area contributed by atoms with Gasteiger partial charge in [-0.15, -0.1) is 0 Å². The van der Waals surface area contributed by atoms with E-state index in [0.717, 1.165) is 57.8 Å². The monoisotopic (exact) mass is 866 g/mol. The molecule has 0 saturated carbocycles. The van der Waals surface area contributed by atoms with Gasteiger partial charge in [-0.25, -0.2) is 0 Å². The zero-order valence-corrected chi connectivity index (χ0v) is 40.3. The highest BCUT2D eigenvalue weighted by molar-refractivity contribution is 7.45. The fraction of sp³-hybridized carbons (Fsp3) is 0.800. The molecule has 2 atom stereocenters. The molecule has 0 aromatic rings. The van der Waals surface area contributed by atoms with Gasteiger partial charge in [0.2, 0.25) is 0 Å². The second kappa shape index (κ2) is 42.3. The number of phosphoric acid groups is 1. The van der Waals surface area contributed by atoms with E-state index < -0.39 is 32.5 Å². The summed E-state index contributed by atoms with van der Waals surface area (Å²) in [5.74, 6) is -0.865. The predicted octanol–water partition coefficient (Wildman–Crippen LogP) is 13.6. The van der Waals surface area contributed by atoms with Crippen LogP contribution in [0.5, 0.6) is 0 Å².